The van der Waals surface area contributed by atoms with Gasteiger partial charge in [0.2, 0.25) is 17.6 Å². The van der Waals surface area contributed by atoms with Gasteiger partial charge in [-0.1, -0.05) is 23.4 Å². The Morgan fingerprint density at radius 3 is 2.45 bits per heavy atom. The van der Waals surface area contributed by atoms with Crippen molar-refractivity contribution in [2.24, 2.45) is 0 Å². The number of piperazine rings is 1. The third-order valence-corrected chi connectivity index (χ3v) is 5.42. The van der Waals surface area contributed by atoms with Crippen molar-refractivity contribution in [3.05, 3.63) is 54.4 Å². The Hall–Kier alpha value is -3.55. The monoisotopic (exact) mass is 422 g/mol. The van der Waals surface area contributed by atoms with Gasteiger partial charge in [0.05, 0.1) is 14.2 Å². The van der Waals surface area contributed by atoms with E-state index in [9.17, 15) is 4.79 Å². The van der Waals surface area contributed by atoms with Gasteiger partial charge in [0, 0.05) is 50.3 Å². The van der Waals surface area contributed by atoms with E-state index in [4.69, 9.17) is 14.0 Å². The third-order valence-electron chi connectivity index (χ3n) is 5.42. The Balaban J connectivity index is 1.30. The summed E-state index contributed by atoms with van der Waals surface area (Å²) >= 11 is 0. The van der Waals surface area contributed by atoms with Crippen LogP contribution in [0, 0.1) is 0 Å². The number of anilines is 1. The molecule has 0 N–H and O–H groups in total. The Morgan fingerprint density at radius 2 is 1.74 bits per heavy atom. The van der Waals surface area contributed by atoms with Crippen molar-refractivity contribution in [1.29, 1.82) is 0 Å². The van der Waals surface area contributed by atoms with Gasteiger partial charge in [-0.05, 0) is 30.3 Å². The minimum atomic E-state index is 0.110. The standard InChI is InChI=1S/C23H26N4O4/c1-29-19-9-8-17(16-20(19)30-2)23-24-21(31-25-23)10-11-22(28)27-14-12-26(13-15-27)18-6-4-3-5-7-18/h3-9,16H,10-15H2,1-2H3. The second-order valence-electron chi connectivity index (χ2n) is 7.28. The van der Waals surface area contributed by atoms with Gasteiger partial charge in [0.25, 0.3) is 0 Å². The maximum Gasteiger partial charge on any atom is 0.227 e. The zero-order valence-corrected chi connectivity index (χ0v) is 17.8. The fourth-order valence-corrected chi connectivity index (χ4v) is 3.67. The molecule has 1 fully saturated rings. The predicted molar refractivity (Wildman–Crippen MR) is 116 cm³/mol. The van der Waals surface area contributed by atoms with Crippen LogP contribution < -0.4 is 14.4 Å². The van der Waals surface area contributed by atoms with Crippen LogP contribution in [0.1, 0.15) is 12.3 Å². The van der Waals surface area contributed by atoms with E-state index >= 15 is 0 Å². The smallest absolute Gasteiger partial charge is 0.227 e. The Labute approximate surface area is 181 Å². The van der Waals surface area contributed by atoms with Gasteiger partial charge in [-0.25, -0.2) is 0 Å². The van der Waals surface area contributed by atoms with Crippen molar-refractivity contribution < 1.29 is 18.8 Å². The first-order valence-corrected chi connectivity index (χ1v) is 10.3. The molecule has 8 heteroatoms. The number of hydrogen-bond acceptors (Lipinski definition) is 7. The zero-order valence-electron chi connectivity index (χ0n) is 17.8. The lowest BCUT2D eigenvalue weighted by Gasteiger charge is -2.36. The number of hydrogen-bond donors (Lipinski definition) is 0. The summed E-state index contributed by atoms with van der Waals surface area (Å²) < 4.78 is 15.9. The number of carbonyl (C=O) groups excluding carboxylic acids is 1. The van der Waals surface area contributed by atoms with Crippen LogP contribution in [0.2, 0.25) is 0 Å². The van der Waals surface area contributed by atoms with Gasteiger partial charge < -0.3 is 23.8 Å². The predicted octanol–water partition coefficient (Wildman–Crippen LogP) is 3.04. The Bertz CT molecular complexity index is 1010. The summed E-state index contributed by atoms with van der Waals surface area (Å²) in [5.41, 5.74) is 1.96. The topological polar surface area (TPSA) is 80.9 Å². The molecular weight excluding hydrogens is 396 g/mol. The summed E-state index contributed by atoms with van der Waals surface area (Å²) in [5.74, 6) is 2.24. The van der Waals surface area contributed by atoms with Crippen molar-refractivity contribution >= 4 is 11.6 Å². The van der Waals surface area contributed by atoms with Crippen molar-refractivity contribution in [2.45, 2.75) is 12.8 Å². The number of carbonyl (C=O) groups is 1. The fourth-order valence-electron chi connectivity index (χ4n) is 3.67. The van der Waals surface area contributed by atoms with Gasteiger partial charge >= 0.3 is 0 Å². The van der Waals surface area contributed by atoms with Crippen LogP contribution in [-0.2, 0) is 11.2 Å². The molecule has 0 atom stereocenters. The van der Waals surface area contributed by atoms with Crippen LogP contribution in [-0.4, -0.2) is 61.3 Å². The molecule has 0 unspecified atom stereocenters. The van der Waals surface area contributed by atoms with Gasteiger partial charge in [-0.3, -0.25) is 4.79 Å². The van der Waals surface area contributed by atoms with E-state index in [1.165, 1.54) is 5.69 Å². The maximum absolute atomic E-state index is 12.6. The van der Waals surface area contributed by atoms with Gasteiger partial charge in [-0.2, -0.15) is 4.98 Å². The van der Waals surface area contributed by atoms with Crippen LogP contribution >= 0.6 is 0 Å². The van der Waals surface area contributed by atoms with Crippen molar-refractivity contribution in [2.75, 3.05) is 45.3 Å². The lowest BCUT2D eigenvalue weighted by molar-refractivity contribution is -0.131. The van der Waals surface area contributed by atoms with E-state index in [-0.39, 0.29) is 5.91 Å². The lowest BCUT2D eigenvalue weighted by atomic mass is 10.2. The number of methoxy groups -OCH3 is 2. The molecule has 3 aromatic rings. The summed E-state index contributed by atoms with van der Waals surface area (Å²) in [5, 5.41) is 4.04. The number of rotatable bonds is 7. The highest BCUT2D eigenvalue weighted by atomic mass is 16.5. The third kappa shape index (κ3) is 4.79. The molecule has 1 aliphatic heterocycles. The summed E-state index contributed by atoms with van der Waals surface area (Å²) in [6.07, 6.45) is 0.761. The molecule has 1 aliphatic rings. The van der Waals surface area contributed by atoms with Crippen LogP contribution in [0.4, 0.5) is 5.69 Å². The molecule has 0 bridgehead atoms. The van der Waals surface area contributed by atoms with E-state index in [0.717, 1.165) is 18.7 Å². The van der Waals surface area contributed by atoms with Crippen LogP contribution in [0.15, 0.2) is 53.1 Å². The minimum Gasteiger partial charge on any atom is -0.493 e. The molecule has 31 heavy (non-hydrogen) atoms. The molecule has 162 valence electrons. The summed E-state index contributed by atoms with van der Waals surface area (Å²) in [6.45, 7) is 3.10. The first-order chi connectivity index (χ1) is 15.2. The number of benzene rings is 2. The minimum absolute atomic E-state index is 0.110. The fraction of sp³-hybridized carbons (Fsp3) is 0.348. The van der Waals surface area contributed by atoms with Gasteiger partial charge in [-0.15, -0.1) is 0 Å². The zero-order chi connectivity index (χ0) is 21.6. The first-order valence-electron chi connectivity index (χ1n) is 10.3. The highest BCUT2D eigenvalue weighted by Crippen LogP contribution is 2.31. The van der Waals surface area contributed by atoms with Crippen molar-refractivity contribution in [3.63, 3.8) is 0 Å². The van der Waals surface area contributed by atoms with E-state index in [1.807, 2.05) is 29.2 Å². The molecule has 4 rings (SSSR count). The van der Waals surface area contributed by atoms with E-state index in [1.54, 1.807) is 26.4 Å². The molecule has 0 aliphatic carbocycles. The Morgan fingerprint density at radius 1 is 1.00 bits per heavy atom. The number of amides is 1. The van der Waals surface area contributed by atoms with Crippen molar-refractivity contribution in [3.8, 4) is 22.9 Å². The highest BCUT2D eigenvalue weighted by molar-refractivity contribution is 5.76. The quantitative estimate of drug-likeness (QED) is 0.579. The second-order valence-corrected chi connectivity index (χ2v) is 7.28. The molecule has 0 saturated carbocycles. The summed E-state index contributed by atoms with van der Waals surface area (Å²) in [6, 6.07) is 15.7. The summed E-state index contributed by atoms with van der Waals surface area (Å²) in [4.78, 5) is 21.3. The second kappa shape index (κ2) is 9.51. The van der Waals surface area contributed by atoms with Crippen molar-refractivity contribution in [1.82, 2.24) is 15.0 Å². The highest BCUT2D eigenvalue weighted by Gasteiger charge is 2.22. The molecule has 1 saturated heterocycles. The number of aryl methyl sites for hydroxylation is 1. The molecular formula is C23H26N4O4. The van der Waals surface area contributed by atoms with Crippen LogP contribution in [0.3, 0.4) is 0 Å². The molecule has 0 radical (unpaired) electrons. The number of ether oxygens (including phenoxy) is 2. The molecule has 1 amide bonds. The SMILES string of the molecule is COc1ccc(-c2noc(CCC(=O)N3CCN(c4ccccc4)CC3)n2)cc1OC. The lowest BCUT2D eigenvalue weighted by Crippen LogP contribution is -2.48. The molecule has 1 aromatic heterocycles. The number of nitrogens with zero attached hydrogens (tertiary/aromatic N) is 4. The summed E-state index contributed by atoms with van der Waals surface area (Å²) in [7, 11) is 3.16. The molecule has 2 aromatic carbocycles. The van der Waals surface area contributed by atoms with Crippen LogP contribution in [0.5, 0.6) is 11.5 Å². The van der Waals surface area contributed by atoms with Gasteiger partial charge in [0.15, 0.2) is 11.5 Å². The van der Waals surface area contributed by atoms with Gasteiger partial charge in [0.1, 0.15) is 0 Å². The van der Waals surface area contributed by atoms with E-state index < -0.39 is 0 Å². The largest absolute Gasteiger partial charge is 0.493 e. The van der Waals surface area contributed by atoms with E-state index in [2.05, 4.69) is 27.2 Å². The number of aromatic nitrogens is 2. The normalized spacial score (nSPS) is 13.9. The molecule has 2 heterocycles. The number of para-hydroxylation sites is 1. The van der Waals surface area contributed by atoms with E-state index in [0.29, 0.717) is 49.1 Å². The molecule has 0 spiro atoms. The average molecular weight is 422 g/mol. The maximum atomic E-state index is 12.6. The van der Waals surface area contributed by atoms with Crippen LogP contribution in [0.25, 0.3) is 11.4 Å². The Kier molecular flexibility index (Phi) is 6.35. The average Bonchev–Trinajstić information content (AvgIpc) is 3.32. The molecule has 8 nitrogen and oxygen atoms in total. The first kappa shape index (κ1) is 20.7.